The van der Waals surface area contributed by atoms with Crippen LogP contribution in [0.1, 0.15) is 5.76 Å². The van der Waals surface area contributed by atoms with Crippen molar-refractivity contribution in [3.8, 4) is 0 Å². The summed E-state index contributed by atoms with van der Waals surface area (Å²) < 4.78 is 32.4. The van der Waals surface area contributed by atoms with Crippen molar-refractivity contribution in [2.45, 2.75) is 11.6 Å². The lowest BCUT2D eigenvalue weighted by molar-refractivity contribution is 0.408. The number of halogens is 1. The zero-order valence-corrected chi connectivity index (χ0v) is 12.5. The molecule has 6 nitrogen and oxygen atoms in total. The Labute approximate surface area is 119 Å². The summed E-state index contributed by atoms with van der Waals surface area (Å²) in [6.07, 6.45) is 1.51. The van der Waals surface area contributed by atoms with Crippen molar-refractivity contribution in [1.29, 1.82) is 0 Å². The molecule has 0 bridgehead atoms. The van der Waals surface area contributed by atoms with Crippen molar-refractivity contribution in [3.05, 3.63) is 40.7 Å². The molecule has 8 heteroatoms. The molecule has 2 heterocycles. The van der Waals surface area contributed by atoms with Crippen LogP contribution in [-0.4, -0.2) is 20.4 Å². The van der Waals surface area contributed by atoms with Crippen molar-refractivity contribution in [1.82, 2.24) is 10.3 Å². The Balaban J connectivity index is 2.19. The van der Waals surface area contributed by atoms with Crippen LogP contribution < -0.4 is 10.0 Å². The SMILES string of the molecule is CNCc1ccc(S(=O)(=O)Nc2ccc(Br)cn2)o1. The highest BCUT2D eigenvalue weighted by molar-refractivity contribution is 9.10. The lowest BCUT2D eigenvalue weighted by atomic mass is 10.4. The Morgan fingerprint density at radius 1 is 1.32 bits per heavy atom. The van der Waals surface area contributed by atoms with Crippen LogP contribution in [0.25, 0.3) is 0 Å². The molecule has 0 aromatic carbocycles. The fourth-order valence-corrected chi connectivity index (χ4v) is 2.59. The van der Waals surface area contributed by atoms with E-state index in [4.69, 9.17) is 4.42 Å². The third kappa shape index (κ3) is 3.55. The van der Waals surface area contributed by atoms with E-state index in [2.05, 4.69) is 31.0 Å². The predicted molar refractivity (Wildman–Crippen MR) is 74.2 cm³/mol. The van der Waals surface area contributed by atoms with Crippen LogP contribution in [0.15, 0.2) is 44.4 Å². The summed E-state index contributed by atoms with van der Waals surface area (Å²) in [5, 5.41) is 2.74. The third-order valence-electron chi connectivity index (χ3n) is 2.22. The Hall–Kier alpha value is -1.38. The highest BCUT2D eigenvalue weighted by Gasteiger charge is 2.19. The van der Waals surface area contributed by atoms with E-state index in [1.807, 2.05) is 0 Å². The van der Waals surface area contributed by atoms with E-state index < -0.39 is 10.0 Å². The first-order valence-electron chi connectivity index (χ1n) is 5.39. The molecule has 0 aliphatic rings. The molecule has 0 atom stereocenters. The molecule has 102 valence electrons. The van der Waals surface area contributed by atoms with E-state index in [9.17, 15) is 8.42 Å². The maximum absolute atomic E-state index is 12.0. The van der Waals surface area contributed by atoms with Crippen molar-refractivity contribution >= 4 is 31.8 Å². The summed E-state index contributed by atoms with van der Waals surface area (Å²) >= 11 is 3.23. The van der Waals surface area contributed by atoms with Crippen LogP contribution in [0.4, 0.5) is 5.82 Å². The van der Waals surface area contributed by atoms with Crippen LogP contribution in [0.5, 0.6) is 0 Å². The van der Waals surface area contributed by atoms with E-state index in [0.717, 1.165) is 4.47 Å². The monoisotopic (exact) mass is 345 g/mol. The molecular formula is C11H12BrN3O3S. The zero-order valence-electron chi connectivity index (χ0n) is 10.1. The number of sulfonamides is 1. The van der Waals surface area contributed by atoms with Gasteiger partial charge in [-0.25, -0.2) is 4.98 Å². The molecular weight excluding hydrogens is 334 g/mol. The first kappa shape index (κ1) is 14.0. The average molecular weight is 346 g/mol. The number of anilines is 1. The van der Waals surface area contributed by atoms with E-state index in [0.29, 0.717) is 12.3 Å². The Bertz CT molecular complexity index is 652. The van der Waals surface area contributed by atoms with Gasteiger partial charge in [0.15, 0.2) is 0 Å². The molecule has 2 rings (SSSR count). The number of nitrogens with one attached hydrogen (secondary N) is 2. The third-order valence-corrected chi connectivity index (χ3v) is 3.92. The molecule has 0 radical (unpaired) electrons. The second-order valence-electron chi connectivity index (χ2n) is 3.72. The number of rotatable bonds is 5. The summed E-state index contributed by atoms with van der Waals surface area (Å²) in [4.78, 5) is 3.94. The normalized spacial score (nSPS) is 11.5. The molecule has 2 N–H and O–H groups in total. The number of nitrogens with zero attached hydrogens (tertiary/aromatic N) is 1. The lowest BCUT2D eigenvalue weighted by Gasteiger charge is -2.04. The molecule has 0 aliphatic carbocycles. The average Bonchev–Trinajstić information content (AvgIpc) is 2.82. The van der Waals surface area contributed by atoms with Gasteiger partial charge in [0, 0.05) is 10.7 Å². The Morgan fingerprint density at radius 2 is 2.11 bits per heavy atom. The van der Waals surface area contributed by atoms with Gasteiger partial charge in [-0.2, -0.15) is 8.42 Å². The molecule has 0 saturated heterocycles. The van der Waals surface area contributed by atoms with Crippen LogP contribution in [0.2, 0.25) is 0 Å². The lowest BCUT2D eigenvalue weighted by Crippen LogP contribution is -2.13. The number of furan rings is 1. The minimum absolute atomic E-state index is 0.137. The van der Waals surface area contributed by atoms with Gasteiger partial charge in [-0.05, 0) is 47.2 Å². The summed E-state index contributed by atoms with van der Waals surface area (Å²) in [7, 11) is -2.00. The highest BCUT2D eigenvalue weighted by Crippen LogP contribution is 2.18. The predicted octanol–water partition coefficient (Wildman–Crippen LogP) is 1.96. The standard InChI is InChI=1S/C11H12BrN3O3S/c1-13-7-9-3-5-11(18-9)19(16,17)15-10-4-2-8(12)6-14-10/h2-6,13H,7H2,1H3,(H,14,15). The summed E-state index contributed by atoms with van der Waals surface area (Å²) in [5.74, 6) is 0.779. The van der Waals surface area contributed by atoms with Gasteiger partial charge in [-0.1, -0.05) is 0 Å². The Morgan fingerprint density at radius 3 is 2.74 bits per heavy atom. The van der Waals surface area contributed by atoms with E-state index >= 15 is 0 Å². The van der Waals surface area contributed by atoms with Gasteiger partial charge >= 0.3 is 0 Å². The second-order valence-corrected chi connectivity index (χ2v) is 6.25. The summed E-state index contributed by atoms with van der Waals surface area (Å²) in [6, 6.07) is 6.27. The van der Waals surface area contributed by atoms with Gasteiger partial charge in [0.1, 0.15) is 11.6 Å². The highest BCUT2D eigenvalue weighted by atomic mass is 79.9. The van der Waals surface area contributed by atoms with Crippen molar-refractivity contribution in [2.75, 3.05) is 11.8 Å². The number of pyridine rings is 1. The van der Waals surface area contributed by atoms with Crippen LogP contribution in [-0.2, 0) is 16.6 Å². The smallest absolute Gasteiger partial charge is 0.296 e. The topological polar surface area (TPSA) is 84.2 Å². The van der Waals surface area contributed by atoms with Gasteiger partial charge in [0.2, 0.25) is 5.09 Å². The molecule has 19 heavy (non-hydrogen) atoms. The molecule has 0 amide bonds. The molecule has 0 aliphatic heterocycles. The fourth-order valence-electron chi connectivity index (χ4n) is 1.40. The molecule has 0 spiro atoms. The molecule has 0 fully saturated rings. The number of aromatic nitrogens is 1. The quantitative estimate of drug-likeness (QED) is 0.865. The summed E-state index contributed by atoms with van der Waals surface area (Å²) in [6.45, 7) is 0.464. The van der Waals surface area contributed by atoms with E-state index in [1.165, 1.54) is 12.3 Å². The van der Waals surface area contributed by atoms with Crippen LogP contribution >= 0.6 is 15.9 Å². The Kier molecular flexibility index (Phi) is 4.23. The first-order valence-corrected chi connectivity index (χ1v) is 7.66. The minimum Gasteiger partial charge on any atom is -0.446 e. The van der Waals surface area contributed by atoms with Gasteiger partial charge < -0.3 is 9.73 Å². The maximum atomic E-state index is 12.0. The second kappa shape index (κ2) is 5.72. The van der Waals surface area contributed by atoms with E-state index in [-0.39, 0.29) is 10.9 Å². The maximum Gasteiger partial charge on any atom is 0.296 e. The molecule has 0 unspecified atom stereocenters. The van der Waals surface area contributed by atoms with Crippen molar-refractivity contribution < 1.29 is 12.8 Å². The largest absolute Gasteiger partial charge is 0.446 e. The minimum atomic E-state index is -3.75. The zero-order chi connectivity index (χ0) is 13.9. The molecule has 2 aromatic rings. The van der Waals surface area contributed by atoms with Gasteiger partial charge in [-0.3, -0.25) is 4.72 Å². The van der Waals surface area contributed by atoms with Gasteiger partial charge in [0.05, 0.1) is 6.54 Å². The fraction of sp³-hybridized carbons (Fsp3) is 0.182. The van der Waals surface area contributed by atoms with Crippen molar-refractivity contribution in [3.63, 3.8) is 0 Å². The van der Waals surface area contributed by atoms with Gasteiger partial charge in [0.25, 0.3) is 10.0 Å². The van der Waals surface area contributed by atoms with Crippen molar-refractivity contribution in [2.24, 2.45) is 0 Å². The molecule has 0 saturated carbocycles. The van der Waals surface area contributed by atoms with Crippen LogP contribution in [0, 0.1) is 0 Å². The van der Waals surface area contributed by atoms with Gasteiger partial charge in [-0.15, -0.1) is 0 Å². The molecule has 2 aromatic heterocycles. The first-order chi connectivity index (χ1) is 9.01. The van der Waals surface area contributed by atoms with Crippen LogP contribution in [0.3, 0.4) is 0 Å². The number of hydrogen-bond acceptors (Lipinski definition) is 5. The number of hydrogen-bond donors (Lipinski definition) is 2. The van der Waals surface area contributed by atoms with E-state index in [1.54, 1.807) is 25.2 Å². The summed E-state index contributed by atoms with van der Waals surface area (Å²) in [5.41, 5.74) is 0.